The molecular formula is C43H60N6O2P2. The maximum absolute atomic E-state index is 13.8. The van der Waals surface area contributed by atoms with Gasteiger partial charge >= 0.3 is 0 Å². The van der Waals surface area contributed by atoms with Gasteiger partial charge in [0.2, 0.25) is 11.8 Å². The molecule has 1 aromatic carbocycles. The fourth-order valence-corrected chi connectivity index (χ4v) is 11.7. The average molecular weight is 755 g/mol. The van der Waals surface area contributed by atoms with Crippen LogP contribution >= 0.6 is 17.4 Å². The average Bonchev–Trinajstić information content (AvgIpc) is 4.02. The Hall–Kier alpha value is -2.82. The molecular weight excluding hydrogens is 694 g/mol. The number of nitrogens with one attached hydrogen (secondary N) is 2. The van der Waals surface area contributed by atoms with Gasteiger partial charge in [-0.3, -0.25) is 9.59 Å². The molecule has 9 atom stereocenters. The third-order valence-electron chi connectivity index (χ3n) is 14.0. The Morgan fingerprint density at radius 1 is 0.774 bits per heavy atom. The summed E-state index contributed by atoms with van der Waals surface area (Å²) in [5, 5.41) is 0. The minimum Gasteiger partial charge on any atom is -0.344 e. The third kappa shape index (κ3) is 7.33. The molecule has 2 amide bonds. The highest BCUT2D eigenvalue weighted by Crippen LogP contribution is 2.48. The summed E-state index contributed by atoms with van der Waals surface area (Å²) in [7, 11) is 3.79. The zero-order valence-corrected chi connectivity index (χ0v) is 33.9. The maximum Gasteiger partial charge on any atom is 0.226 e. The molecule has 3 saturated carbocycles. The number of carbonyl (C=O) groups excluding carboxylic acids is 2. The van der Waals surface area contributed by atoms with Gasteiger partial charge in [-0.25, -0.2) is 9.97 Å². The molecule has 0 spiro atoms. The van der Waals surface area contributed by atoms with Gasteiger partial charge in [0.25, 0.3) is 0 Å². The number of aromatic nitrogens is 4. The maximum atomic E-state index is 13.8. The van der Waals surface area contributed by atoms with E-state index in [1.807, 2.05) is 6.20 Å². The molecule has 4 heterocycles. The van der Waals surface area contributed by atoms with Crippen LogP contribution < -0.4 is 0 Å². The number of amides is 2. The van der Waals surface area contributed by atoms with Crippen LogP contribution in [0.5, 0.6) is 0 Å². The Morgan fingerprint density at radius 3 is 1.92 bits per heavy atom. The summed E-state index contributed by atoms with van der Waals surface area (Å²) in [6.45, 7) is 4.14. The van der Waals surface area contributed by atoms with E-state index in [4.69, 9.17) is 9.97 Å². The fraction of sp³-hybridized carbons (Fsp3) is 0.651. The minimum absolute atomic E-state index is 0.00556. The molecule has 3 aromatic rings. The smallest absolute Gasteiger partial charge is 0.226 e. The van der Waals surface area contributed by atoms with Crippen molar-refractivity contribution in [1.29, 1.82) is 0 Å². The second-order valence-corrected chi connectivity index (χ2v) is 18.5. The summed E-state index contributed by atoms with van der Waals surface area (Å²) >= 11 is 0. The molecule has 2 aromatic heterocycles. The lowest BCUT2D eigenvalue weighted by Gasteiger charge is -2.35. The Labute approximate surface area is 320 Å². The predicted octanol–water partition coefficient (Wildman–Crippen LogP) is 9.43. The Bertz CT molecular complexity index is 1750. The highest BCUT2D eigenvalue weighted by atomic mass is 31.1. The van der Waals surface area contributed by atoms with Crippen LogP contribution in [0.4, 0.5) is 0 Å². The monoisotopic (exact) mass is 754 g/mol. The molecule has 2 aliphatic heterocycles. The first kappa shape index (κ1) is 37.1. The van der Waals surface area contributed by atoms with Gasteiger partial charge in [-0.1, -0.05) is 70.1 Å². The van der Waals surface area contributed by atoms with E-state index in [1.54, 1.807) is 0 Å². The van der Waals surface area contributed by atoms with E-state index in [-0.39, 0.29) is 29.8 Å². The molecule has 5 aliphatic rings. The number of imidazole rings is 2. The summed E-state index contributed by atoms with van der Waals surface area (Å²) in [4.78, 5) is 49.1. The van der Waals surface area contributed by atoms with Crippen molar-refractivity contribution in [3.8, 4) is 11.3 Å². The van der Waals surface area contributed by atoms with Crippen molar-refractivity contribution < 1.29 is 9.59 Å². The number of hydrogen-bond acceptors (Lipinski definition) is 4. The molecule has 9 unspecified atom stereocenters. The Kier molecular flexibility index (Phi) is 11.3. The lowest BCUT2D eigenvalue weighted by atomic mass is 9.77. The molecule has 2 N–H and O–H groups in total. The van der Waals surface area contributed by atoms with Crippen molar-refractivity contribution in [3.63, 3.8) is 0 Å². The van der Waals surface area contributed by atoms with Crippen LogP contribution in [0.2, 0.25) is 0 Å². The second kappa shape index (κ2) is 16.1. The number of likely N-dealkylation sites (tertiary alicyclic amines) is 2. The highest BCUT2D eigenvalue weighted by molar-refractivity contribution is 7.36. The fourth-order valence-electron chi connectivity index (χ4n) is 11.0. The molecule has 53 heavy (non-hydrogen) atoms. The number of aromatic amines is 2. The lowest BCUT2D eigenvalue weighted by Crippen LogP contribution is -2.43. The van der Waals surface area contributed by atoms with Gasteiger partial charge in [0, 0.05) is 47.9 Å². The first-order valence-electron chi connectivity index (χ1n) is 20.8. The molecule has 8 rings (SSSR count). The number of fused-ring (bicyclic) bond motifs is 2. The number of hydrogen-bond donors (Lipinski definition) is 2. The van der Waals surface area contributed by atoms with Crippen molar-refractivity contribution in [2.75, 3.05) is 12.3 Å². The number of rotatable bonds is 10. The molecule has 3 aliphatic carbocycles. The zero-order chi connectivity index (χ0) is 36.6. The van der Waals surface area contributed by atoms with Crippen LogP contribution in [0.3, 0.4) is 0 Å². The number of carbonyl (C=O) groups is 2. The van der Waals surface area contributed by atoms with Crippen LogP contribution in [0.15, 0.2) is 36.7 Å². The first-order chi connectivity index (χ1) is 25.8. The topological polar surface area (TPSA) is 98.0 Å². The van der Waals surface area contributed by atoms with E-state index >= 15 is 0 Å². The number of H-pyrrole nitrogens is 2. The van der Waals surface area contributed by atoms with Crippen LogP contribution in [0, 0.1) is 23.7 Å². The summed E-state index contributed by atoms with van der Waals surface area (Å²) in [6, 6.07) is 9.96. The number of benzene rings is 1. The highest BCUT2D eigenvalue weighted by Gasteiger charge is 2.48. The predicted molar refractivity (Wildman–Crippen MR) is 218 cm³/mol. The van der Waals surface area contributed by atoms with Crippen molar-refractivity contribution in [1.82, 2.24) is 29.7 Å². The summed E-state index contributed by atoms with van der Waals surface area (Å²) in [6.07, 6.45) is 26.0. The van der Waals surface area contributed by atoms with E-state index in [1.165, 1.54) is 49.8 Å². The molecule has 8 nitrogen and oxygen atoms in total. The van der Waals surface area contributed by atoms with E-state index in [9.17, 15) is 9.59 Å². The lowest BCUT2D eigenvalue weighted by molar-refractivity contribution is -0.139. The standard InChI is InChI=1S/C43H60N6O2P2/c1-26(24-52)42(50)48-36-10-6-4-8-32(36)20-38(48)40-44-22-34(46-40)30-16-12-28(13-17-30)29-14-18-31(19-15-29)35-23-45-41(47-35)39-21-33-9-5-7-11-37(33)49(39)43(51)27(2)25-53-3/h12-13,16-17,22-23,26-27,29,31-33,36-39H,3-11,14-15,18-21,24-25,52H2,1-2H3,(H,44,46)(H,45,47). The summed E-state index contributed by atoms with van der Waals surface area (Å²) < 4.78 is 0. The van der Waals surface area contributed by atoms with Gasteiger partial charge in [-0.05, 0) is 99.3 Å². The zero-order valence-electron chi connectivity index (χ0n) is 31.9. The molecule has 2 saturated heterocycles. The van der Waals surface area contributed by atoms with E-state index < -0.39 is 0 Å². The molecule has 0 bridgehead atoms. The van der Waals surface area contributed by atoms with Gasteiger partial charge in [0.1, 0.15) is 11.6 Å². The largest absolute Gasteiger partial charge is 0.344 e. The summed E-state index contributed by atoms with van der Waals surface area (Å²) in [5.74, 6) is 4.76. The Morgan fingerprint density at radius 2 is 1.32 bits per heavy atom. The first-order valence-corrected chi connectivity index (χ1v) is 22.9. The normalized spacial score (nSPS) is 31.3. The van der Waals surface area contributed by atoms with Crippen molar-refractivity contribution in [3.05, 3.63) is 59.6 Å². The van der Waals surface area contributed by atoms with Gasteiger partial charge in [0.15, 0.2) is 0 Å². The minimum atomic E-state index is 0.00556. The molecule has 284 valence electrons. The third-order valence-corrected chi connectivity index (χ3v) is 15.5. The van der Waals surface area contributed by atoms with Crippen LogP contribution in [-0.4, -0.2) is 72.3 Å². The van der Waals surface area contributed by atoms with E-state index in [0.717, 1.165) is 94.8 Å². The van der Waals surface area contributed by atoms with Gasteiger partial charge in [-0.15, -0.1) is 17.4 Å². The SMILES string of the molecule is C=PCC(C)C(=O)N1C(c2ncc(C3CCC(c4ccc(-c5cnc(C6CC7CCCCC7N6C(=O)C(C)CP)[nH]5)cc4)CC3)[nH]2)CC2CCCCC21. The van der Waals surface area contributed by atoms with Crippen LogP contribution in [-0.2, 0) is 9.59 Å². The molecule has 0 radical (unpaired) electrons. The van der Waals surface area contributed by atoms with Gasteiger partial charge in [0.05, 0.1) is 24.0 Å². The quantitative estimate of drug-likeness (QED) is 0.202. The number of nitrogens with zero attached hydrogens (tertiary/aromatic N) is 4. The summed E-state index contributed by atoms with van der Waals surface area (Å²) in [5.41, 5.74) is 4.85. The van der Waals surface area contributed by atoms with Gasteiger partial charge < -0.3 is 19.8 Å². The van der Waals surface area contributed by atoms with Crippen molar-refractivity contribution in [2.24, 2.45) is 23.7 Å². The van der Waals surface area contributed by atoms with E-state index in [2.05, 4.69) is 79.6 Å². The Balaban J connectivity index is 0.903. The van der Waals surface area contributed by atoms with Crippen molar-refractivity contribution in [2.45, 2.75) is 140 Å². The van der Waals surface area contributed by atoms with Gasteiger partial charge in [-0.2, -0.15) is 0 Å². The second-order valence-electron chi connectivity index (χ2n) is 17.2. The molecule has 10 heteroatoms. The van der Waals surface area contributed by atoms with E-state index in [0.29, 0.717) is 41.7 Å². The van der Waals surface area contributed by atoms with Crippen LogP contribution in [0.1, 0.15) is 151 Å². The van der Waals surface area contributed by atoms with Crippen molar-refractivity contribution >= 4 is 35.6 Å². The van der Waals surface area contributed by atoms with Crippen LogP contribution in [0.25, 0.3) is 11.3 Å². The molecule has 5 fully saturated rings.